The summed E-state index contributed by atoms with van der Waals surface area (Å²) in [5.74, 6) is -0.979. The molecule has 0 saturated carbocycles. The molecule has 1 saturated heterocycles. The smallest absolute Gasteiger partial charge is 0.336 e. The summed E-state index contributed by atoms with van der Waals surface area (Å²) in [4.78, 5) is 51.3. The van der Waals surface area contributed by atoms with Crippen LogP contribution in [0.3, 0.4) is 0 Å². The second-order valence-electron chi connectivity index (χ2n) is 8.42. The molecule has 8 heteroatoms. The van der Waals surface area contributed by atoms with Crippen molar-refractivity contribution in [1.82, 2.24) is 10.2 Å². The number of carbonyl (C=O) groups is 3. The van der Waals surface area contributed by atoms with Crippen molar-refractivity contribution in [3.05, 3.63) is 75.1 Å². The molecule has 1 aliphatic heterocycles. The van der Waals surface area contributed by atoms with Gasteiger partial charge in [0.05, 0.1) is 0 Å². The maximum atomic E-state index is 13.2. The van der Waals surface area contributed by atoms with Gasteiger partial charge in [-0.2, -0.15) is 0 Å². The molecule has 0 bridgehead atoms. The van der Waals surface area contributed by atoms with Gasteiger partial charge in [0.1, 0.15) is 23.4 Å². The zero-order valence-electron chi connectivity index (χ0n) is 18.3. The van der Waals surface area contributed by atoms with E-state index in [9.17, 15) is 19.2 Å². The van der Waals surface area contributed by atoms with Crippen molar-refractivity contribution in [1.29, 1.82) is 0 Å². The number of carbonyl (C=O) groups excluding carboxylic acids is 3. The Hall–Kier alpha value is -3.94. The fourth-order valence-electron chi connectivity index (χ4n) is 4.78. The lowest BCUT2D eigenvalue weighted by Crippen LogP contribution is -2.42. The van der Waals surface area contributed by atoms with Crippen LogP contribution in [-0.2, 0) is 28.0 Å². The molecule has 1 N–H and O–H groups in total. The molecule has 1 atom stereocenters. The van der Waals surface area contributed by atoms with E-state index in [2.05, 4.69) is 5.32 Å². The molecule has 1 aromatic heterocycles. The molecular weight excluding hydrogens is 424 g/mol. The Morgan fingerprint density at radius 2 is 1.97 bits per heavy atom. The van der Waals surface area contributed by atoms with Crippen molar-refractivity contribution in [2.24, 2.45) is 0 Å². The maximum absolute atomic E-state index is 13.2. The van der Waals surface area contributed by atoms with Crippen LogP contribution >= 0.6 is 0 Å². The number of ether oxygens (including phenoxy) is 1. The third-order valence-electron chi connectivity index (χ3n) is 6.45. The largest absolute Gasteiger partial charge is 0.425 e. The predicted octanol–water partition coefficient (Wildman–Crippen LogP) is 2.96. The zero-order valence-corrected chi connectivity index (χ0v) is 18.3. The fraction of sp³-hybridized carbons (Fsp3) is 0.280. The van der Waals surface area contributed by atoms with Gasteiger partial charge in [-0.05, 0) is 54.5 Å². The van der Waals surface area contributed by atoms with Gasteiger partial charge >= 0.3 is 17.6 Å². The van der Waals surface area contributed by atoms with Gasteiger partial charge in [-0.15, -0.1) is 0 Å². The van der Waals surface area contributed by atoms with Crippen LogP contribution in [0.2, 0.25) is 0 Å². The van der Waals surface area contributed by atoms with Gasteiger partial charge in [-0.1, -0.05) is 31.2 Å². The van der Waals surface area contributed by atoms with E-state index in [-0.39, 0.29) is 5.75 Å². The molecular formula is C25H22N2O6. The molecule has 168 valence electrons. The van der Waals surface area contributed by atoms with E-state index >= 15 is 0 Å². The number of rotatable bonds is 4. The van der Waals surface area contributed by atoms with E-state index in [1.54, 1.807) is 6.92 Å². The van der Waals surface area contributed by atoms with E-state index in [0.29, 0.717) is 24.8 Å². The lowest BCUT2D eigenvalue weighted by atomic mass is 9.92. The first-order chi connectivity index (χ1) is 15.8. The Morgan fingerprint density at radius 1 is 1.18 bits per heavy atom. The Morgan fingerprint density at radius 3 is 2.76 bits per heavy atom. The fourth-order valence-corrected chi connectivity index (χ4v) is 4.78. The van der Waals surface area contributed by atoms with Crippen LogP contribution in [0.5, 0.6) is 5.75 Å². The Kier molecular flexibility index (Phi) is 4.81. The molecule has 1 aliphatic carbocycles. The van der Waals surface area contributed by atoms with Crippen molar-refractivity contribution in [2.75, 3.05) is 6.54 Å². The number of aryl methyl sites for hydroxylation is 3. The molecule has 1 unspecified atom stereocenters. The zero-order chi connectivity index (χ0) is 23.3. The second-order valence-corrected chi connectivity index (χ2v) is 8.42. The van der Waals surface area contributed by atoms with E-state index in [0.717, 1.165) is 32.5 Å². The van der Waals surface area contributed by atoms with Crippen LogP contribution in [0.1, 0.15) is 35.6 Å². The van der Waals surface area contributed by atoms with Crippen LogP contribution in [0, 0.1) is 6.92 Å². The summed E-state index contributed by atoms with van der Waals surface area (Å²) in [6.45, 7) is 3.19. The first-order valence-electron chi connectivity index (χ1n) is 10.8. The van der Waals surface area contributed by atoms with Gasteiger partial charge < -0.3 is 14.5 Å². The minimum Gasteiger partial charge on any atom is -0.425 e. The molecule has 33 heavy (non-hydrogen) atoms. The second kappa shape index (κ2) is 7.58. The topological polar surface area (TPSA) is 106 Å². The van der Waals surface area contributed by atoms with E-state index in [1.807, 2.05) is 37.3 Å². The number of imide groups is 1. The number of esters is 1. The van der Waals surface area contributed by atoms with Gasteiger partial charge in [0.25, 0.3) is 5.91 Å². The highest BCUT2D eigenvalue weighted by Gasteiger charge is 2.55. The van der Waals surface area contributed by atoms with Crippen molar-refractivity contribution in [3.8, 4) is 5.75 Å². The van der Waals surface area contributed by atoms with E-state index in [1.165, 1.54) is 12.1 Å². The monoisotopic (exact) mass is 446 g/mol. The summed E-state index contributed by atoms with van der Waals surface area (Å²) in [6, 6.07) is 11.6. The first-order valence-corrected chi connectivity index (χ1v) is 10.8. The highest BCUT2D eigenvalue weighted by Crippen LogP contribution is 2.41. The van der Waals surface area contributed by atoms with Gasteiger partial charge in [0, 0.05) is 17.5 Å². The number of urea groups is 1. The average molecular weight is 446 g/mol. The number of amides is 3. The van der Waals surface area contributed by atoms with Crippen LogP contribution in [-0.4, -0.2) is 29.4 Å². The minimum absolute atomic E-state index is 0.233. The molecule has 2 heterocycles. The molecule has 3 amide bonds. The van der Waals surface area contributed by atoms with Crippen LogP contribution < -0.4 is 15.7 Å². The number of nitrogens with zero attached hydrogens (tertiary/aromatic N) is 1. The Labute approximate surface area is 189 Å². The summed E-state index contributed by atoms with van der Waals surface area (Å²) in [5.41, 5.74) is 1.96. The molecule has 5 rings (SSSR count). The highest BCUT2D eigenvalue weighted by molar-refractivity contribution is 6.09. The van der Waals surface area contributed by atoms with Gasteiger partial charge in [-0.3, -0.25) is 9.69 Å². The maximum Gasteiger partial charge on any atom is 0.336 e. The molecule has 8 nitrogen and oxygen atoms in total. The van der Waals surface area contributed by atoms with Crippen molar-refractivity contribution in [2.45, 2.75) is 38.6 Å². The third kappa shape index (κ3) is 3.29. The number of fused-ring (bicyclic) bond motifs is 3. The summed E-state index contributed by atoms with van der Waals surface area (Å²) >= 11 is 0. The normalized spacial score (nSPS) is 19.3. The summed E-state index contributed by atoms with van der Waals surface area (Å²) in [5, 5.41) is 3.55. The SMILES string of the molecule is CCc1cc2c(C)cc(=O)oc2cc1OC(=O)CN1C(=O)NC2(CCc3ccccc32)C1=O. The average Bonchev–Trinajstić information content (AvgIpc) is 3.26. The lowest BCUT2D eigenvalue weighted by Gasteiger charge is -2.22. The van der Waals surface area contributed by atoms with Gasteiger partial charge in [-0.25, -0.2) is 14.4 Å². The number of benzene rings is 2. The van der Waals surface area contributed by atoms with Crippen molar-refractivity contribution >= 4 is 28.9 Å². The lowest BCUT2D eigenvalue weighted by molar-refractivity contribution is -0.141. The molecule has 2 aromatic carbocycles. The van der Waals surface area contributed by atoms with E-state index in [4.69, 9.17) is 9.15 Å². The van der Waals surface area contributed by atoms with Crippen LogP contribution in [0.4, 0.5) is 4.79 Å². The van der Waals surface area contributed by atoms with Gasteiger partial charge in [0.15, 0.2) is 0 Å². The van der Waals surface area contributed by atoms with Crippen molar-refractivity contribution < 1.29 is 23.5 Å². The number of hydrogen-bond donors (Lipinski definition) is 1. The highest BCUT2D eigenvalue weighted by atomic mass is 16.5. The minimum atomic E-state index is -1.13. The first kappa shape index (κ1) is 20.9. The molecule has 3 aromatic rings. The summed E-state index contributed by atoms with van der Waals surface area (Å²) < 4.78 is 10.8. The quantitative estimate of drug-likeness (QED) is 0.286. The molecule has 2 aliphatic rings. The Balaban J connectivity index is 1.40. The predicted molar refractivity (Wildman–Crippen MR) is 119 cm³/mol. The Bertz CT molecular complexity index is 1390. The third-order valence-corrected chi connectivity index (χ3v) is 6.45. The molecule has 0 radical (unpaired) electrons. The summed E-state index contributed by atoms with van der Waals surface area (Å²) in [7, 11) is 0. The molecule has 1 fully saturated rings. The number of hydrogen-bond acceptors (Lipinski definition) is 6. The van der Waals surface area contributed by atoms with E-state index < -0.39 is 35.6 Å². The van der Waals surface area contributed by atoms with Crippen LogP contribution in [0.25, 0.3) is 11.0 Å². The van der Waals surface area contributed by atoms with Crippen molar-refractivity contribution in [3.63, 3.8) is 0 Å². The molecule has 1 spiro atoms. The van der Waals surface area contributed by atoms with Gasteiger partial charge in [0.2, 0.25) is 0 Å². The van der Waals surface area contributed by atoms with Crippen LogP contribution in [0.15, 0.2) is 51.7 Å². The number of nitrogens with one attached hydrogen (secondary N) is 1. The summed E-state index contributed by atoms with van der Waals surface area (Å²) in [6.07, 6.45) is 1.69. The standard InChI is InChI=1S/C25H22N2O6/c1-3-15-11-17-14(2)10-21(28)33-20(17)12-19(15)32-22(29)13-27-23(30)25(26-24(27)31)9-8-16-6-4-5-7-18(16)25/h4-7,10-12H,3,8-9,13H2,1-2H3,(H,26,31).